The van der Waals surface area contributed by atoms with Crippen molar-refractivity contribution >= 4 is 5.97 Å². The first-order valence-electron chi connectivity index (χ1n) is 8.47. The third-order valence-corrected chi connectivity index (χ3v) is 4.93. The smallest absolute Gasteiger partial charge is 0.317 e. The number of aliphatic carboxylic acids is 1. The Kier molecular flexibility index (Phi) is 5.11. The molecule has 0 spiro atoms. The molecule has 0 aliphatic heterocycles. The lowest BCUT2D eigenvalue weighted by molar-refractivity contribution is -0.136. The summed E-state index contributed by atoms with van der Waals surface area (Å²) in [6.45, 7) is 1.15. The zero-order valence-corrected chi connectivity index (χ0v) is 13.1. The Morgan fingerprint density at radius 3 is 2.18 bits per heavy atom. The minimum absolute atomic E-state index is 0.0890. The van der Waals surface area contributed by atoms with E-state index in [1.54, 1.807) is 0 Å². The Hall–Kier alpha value is -1.39. The van der Waals surface area contributed by atoms with Crippen LogP contribution in [0.3, 0.4) is 0 Å². The average Bonchev–Trinajstić information content (AvgIpc) is 3.37. The lowest BCUT2D eigenvalue weighted by atomic mass is 9.89. The summed E-state index contributed by atoms with van der Waals surface area (Å²) < 4.78 is 0. The third kappa shape index (κ3) is 4.31. The van der Waals surface area contributed by atoms with Crippen LogP contribution in [0.2, 0.25) is 0 Å². The second kappa shape index (κ2) is 7.25. The first-order valence-corrected chi connectivity index (χ1v) is 8.47. The van der Waals surface area contributed by atoms with Crippen molar-refractivity contribution in [2.75, 3.05) is 6.54 Å². The maximum Gasteiger partial charge on any atom is 0.317 e. The van der Waals surface area contributed by atoms with E-state index in [-0.39, 0.29) is 6.54 Å². The number of carbonyl (C=O) groups is 1. The molecule has 22 heavy (non-hydrogen) atoms. The van der Waals surface area contributed by atoms with Gasteiger partial charge in [-0.3, -0.25) is 9.69 Å². The Morgan fingerprint density at radius 2 is 1.64 bits per heavy atom. The fourth-order valence-electron chi connectivity index (χ4n) is 3.60. The Labute approximate surface area is 132 Å². The highest BCUT2D eigenvalue weighted by Crippen LogP contribution is 2.35. The number of carboxylic acid groups (broad SMARTS) is 1. The summed E-state index contributed by atoms with van der Waals surface area (Å²) in [5.74, 6) is -0.759. The summed E-state index contributed by atoms with van der Waals surface area (Å²) in [4.78, 5) is 13.3. The molecule has 0 bridgehead atoms. The molecule has 0 radical (unpaired) electrons. The summed E-state index contributed by atoms with van der Waals surface area (Å²) in [5, 5.41) is 11.9. The van der Waals surface area contributed by atoms with E-state index in [0.717, 1.165) is 25.4 Å². The molecule has 4 nitrogen and oxygen atoms in total. The van der Waals surface area contributed by atoms with Gasteiger partial charge in [0.2, 0.25) is 0 Å². The van der Waals surface area contributed by atoms with Crippen molar-refractivity contribution in [1.29, 1.82) is 0 Å². The fraction of sp³-hybridized carbons (Fsp3) is 0.611. The highest BCUT2D eigenvalue weighted by atomic mass is 16.4. The molecule has 0 saturated heterocycles. The van der Waals surface area contributed by atoms with Crippen LogP contribution in [0.5, 0.6) is 0 Å². The SMILES string of the molecule is O=C(O)CNC1CCC(N(Cc2ccccc2)C2CC2)CC1. The van der Waals surface area contributed by atoms with Crippen LogP contribution in [0.1, 0.15) is 44.1 Å². The lowest BCUT2D eigenvalue weighted by Gasteiger charge is -2.37. The van der Waals surface area contributed by atoms with Crippen LogP contribution in [0.4, 0.5) is 0 Å². The molecule has 2 aliphatic rings. The van der Waals surface area contributed by atoms with Gasteiger partial charge in [-0.2, -0.15) is 0 Å². The van der Waals surface area contributed by atoms with Crippen LogP contribution in [0.25, 0.3) is 0 Å². The molecule has 2 aliphatic carbocycles. The van der Waals surface area contributed by atoms with E-state index in [9.17, 15) is 4.79 Å². The molecule has 0 amide bonds. The Morgan fingerprint density at radius 1 is 1.05 bits per heavy atom. The summed E-state index contributed by atoms with van der Waals surface area (Å²) in [6.07, 6.45) is 7.22. The number of hydrogen-bond donors (Lipinski definition) is 2. The van der Waals surface area contributed by atoms with Crippen LogP contribution < -0.4 is 5.32 Å². The topological polar surface area (TPSA) is 52.6 Å². The molecule has 4 heteroatoms. The first kappa shape index (κ1) is 15.5. The van der Waals surface area contributed by atoms with Crippen molar-refractivity contribution in [3.05, 3.63) is 35.9 Å². The normalized spacial score (nSPS) is 25.3. The van der Waals surface area contributed by atoms with E-state index in [1.807, 2.05) is 0 Å². The molecular weight excluding hydrogens is 276 g/mol. The van der Waals surface area contributed by atoms with Crippen molar-refractivity contribution in [2.45, 2.75) is 63.2 Å². The third-order valence-electron chi connectivity index (χ3n) is 4.93. The largest absolute Gasteiger partial charge is 0.480 e. The number of hydrogen-bond acceptors (Lipinski definition) is 3. The van der Waals surface area contributed by atoms with Crippen LogP contribution in [-0.2, 0) is 11.3 Å². The molecule has 2 N–H and O–H groups in total. The minimum Gasteiger partial charge on any atom is -0.480 e. The molecule has 0 heterocycles. The average molecular weight is 302 g/mol. The zero-order valence-electron chi connectivity index (χ0n) is 13.1. The molecule has 0 unspecified atom stereocenters. The second-order valence-electron chi connectivity index (χ2n) is 6.67. The summed E-state index contributed by atoms with van der Waals surface area (Å²) in [7, 11) is 0. The van der Waals surface area contributed by atoms with Gasteiger partial charge in [0.05, 0.1) is 6.54 Å². The maximum absolute atomic E-state index is 10.6. The number of benzene rings is 1. The summed E-state index contributed by atoms with van der Waals surface area (Å²) in [5.41, 5.74) is 1.40. The zero-order chi connectivity index (χ0) is 15.4. The fourth-order valence-corrected chi connectivity index (χ4v) is 3.60. The van der Waals surface area contributed by atoms with Gasteiger partial charge in [-0.15, -0.1) is 0 Å². The highest BCUT2D eigenvalue weighted by molar-refractivity contribution is 5.69. The monoisotopic (exact) mass is 302 g/mol. The molecular formula is C18H26N2O2. The van der Waals surface area contributed by atoms with Crippen molar-refractivity contribution in [3.8, 4) is 0 Å². The van der Waals surface area contributed by atoms with E-state index >= 15 is 0 Å². The van der Waals surface area contributed by atoms with Crippen molar-refractivity contribution < 1.29 is 9.90 Å². The van der Waals surface area contributed by atoms with Crippen LogP contribution in [0.15, 0.2) is 30.3 Å². The Bertz CT molecular complexity index is 479. The van der Waals surface area contributed by atoms with Gasteiger partial charge < -0.3 is 10.4 Å². The molecule has 120 valence electrons. The van der Waals surface area contributed by atoms with Gasteiger partial charge >= 0.3 is 5.97 Å². The van der Waals surface area contributed by atoms with E-state index in [2.05, 4.69) is 40.5 Å². The van der Waals surface area contributed by atoms with Gasteiger partial charge in [0.15, 0.2) is 0 Å². The van der Waals surface area contributed by atoms with Crippen molar-refractivity contribution in [3.63, 3.8) is 0 Å². The van der Waals surface area contributed by atoms with Crippen LogP contribution in [0, 0.1) is 0 Å². The lowest BCUT2D eigenvalue weighted by Crippen LogP contribution is -2.44. The summed E-state index contributed by atoms with van der Waals surface area (Å²) >= 11 is 0. The molecule has 1 aromatic carbocycles. The molecule has 3 rings (SSSR count). The van der Waals surface area contributed by atoms with Crippen LogP contribution >= 0.6 is 0 Å². The summed E-state index contributed by atoms with van der Waals surface area (Å²) in [6, 6.07) is 12.6. The minimum atomic E-state index is -0.759. The van der Waals surface area contributed by atoms with E-state index in [0.29, 0.717) is 12.1 Å². The quantitative estimate of drug-likeness (QED) is 0.813. The van der Waals surface area contributed by atoms with Crippen molar-refractivity contribution in [2.24, 2.45) is 0 Å². The Balaban J connectivity index is 1.52. The predicted octanol–water partition coefficient (Wildman–Crippen LogP) is 2.64. The molecule has 0 atom stereocenters. The van der Waals surface area contributed by atoms with Gasteiger partial charge in [0.25, 0.3) is 0 Å². The number of carboxylic acids is 1. The van der Waals surface area contributed by atoms with E-state index < -0.39 is 5.97 Å². The highest BCUT2D eigenvalue weighted by Gasteiger charge is 2.35. The molecule has 0 aromatic heterocycles. The predicted molar refractivity (Wildman–Crippen MR) is 86.7 cm³/mol. The second-order valence-corrected chi connectivity index (χ2v) is 6.67. The number of nitrogens with one attached hydrogen (secondary N) is 1. The van der Waals surface area contributed by atoms with Gasteiger partial charge in [-0.25, -0.2) is 0 Å². The van der Waals surface area contributed by atoms with Gasteiger partial charge in [-0.05, 0) is 44.1 Å². The van der Waals surface area contributed by atoms with Gasteiger partial charge in [-0.1, -0.05) is 30.3 Å². The standard InChI is InChI=1S/C18H26N2O2/c21-18(22)12-19-15-6-8-16(9-7-15)20(17-10-11-17)13-14-4-2-1-3-5-14/h1-5,15-17,19H,6-13H2,(H,21,22). The molecule has 1 aromatic rings. The number of rotatable bonds is 7. The van der Waals surface area contributed by atoms with Crippen molar-refractivity contribution in [1.82, 2.24) is 10.2 Å². The number of nitrogens with zero attached hydrogens (tertiary/aromatic N) is 1. The van der Waals surface area contributed by atoms with Gasteiger partial charge in [0.1, 0.15) is 0 Å². The maximum atomic E-state index is 10.6. The first-order chi connectivity index (χ1) is 10.7. The molecule has 2 saturated carbocycles. The molecule has 2 fully saturated rings. The van der Waals surface area contributed by atoms with E-state index in [4.69, 9.17) is 5.11 Å². The van der Waals surface area contributed by atoms with E-state index in [1.165, 1.54) is 31.2 Å². The van der Waals surface area contributed by atoms with Gasteiger partial charge in [0, 0.05) is 24.7 Å². The van der Waals surface area contributed by atoms with Crippen LogP contribution in [-0.4, -0.2) is 40.6 Å².